The molecule has 0 spiro atoms. The van der Waals surface area contributed by atoms with E-state index in [4.69, 9.17) is 6.57 Å². The molecule has 0 aliphatic carbocycles. The molecule has 0 amide bonds. The van der Waals surface area contributed by atoms with Crippen molar-refractivity contribution in [3.05, 3.63) is 44.7 Å². The highest BCUT2D eigenvalue weighted by molar-refractivity contribution is 8.01. The van der Waals surface area contributed by atoms with Crippen LogP contribution in [-0.4, -0.2) is 18.0 Å². The first kappa shape index (κ1) is 12.0. The normalized spacial score (nSPS) is 9.25. The van der Waals surface area contributed by atoms with Crippen LogP contribution in [0, 0.1) is 16.7 Å². The molecule has 0 aliphatic rings. The molecule has 0 unspecified atom stereocenters. The van der Waals surface area contributed by atoms with E-state index in [9.17, 15) is 14.9 Å². The van der Waals surface area contributed by atoms with Crippen LogP contribution in [0.3, 0.4) is 0 Å². The second-order valence-electron chi connectivity index (χ2n) is 2.61. The number of carbonyl (C=O) groups excluding carboxylic acids is 1. The highest BCUT2D eigenvalue weighted by Crippen LogP contribution is 2.30. The molecule has 0 fully saturated rings. The van der Waals surface area contributed by atoms with Gasteiger partial charge in [-0.25, -0.2) is 15.6 Å². The summed E-state index contributed by atoms with van der Waals surface area (Å²) in [5, 5.41) is 10.7. The maximum atomic E-state index is 11.1. The zero-order valence-electron chi connectivity index (χ0n) is 8.17. The van der Waals surface area contributed by atoms with Crippen molar-refractivity contribution in [2.45, 2.75) is 4.90 Å². The quantitative estimate of drug-likeness (QED) is 0.265. The first-order chi connectivity index (χ1) is 7.60. The molecule has 0 N–H and O–H groups in total. The van der Waals surface area contributed by atoms with Crippen molar-refractivity contribution < 1.29 is 14.5 Å². The van der Waals surface area contributed by atoms with Gasteiger partial charge in [0.1, 0.15) is 0 Å². The maximum absolute atomic E-state index is 11.1. The van der Waals surface area contributed by atoms with E-state index >= 15 is 0 Å². The summed E-state index contributed by atoms with van der Waals surface area (Å²) in [6.07, 6.45) is 0. The lowest BCUT2D eigenvalue weighted by Gasteiger charge is -1.99. The van der Waals surface area contributed by atoms with Gasteiger partial charge in [0.15, 0.2) is 4.90 Å². The third-order valence-electron chi connectivity index (χ3n) is 1.72. The predicted molar refractivity (Wildman–Crippen MR) is 56.9 cm³/mol. The smallest absolute Gasteiger partial charge is 0.338 e. The Kier molecular flexibility index (Phi) is 3.85. The maximum Gasteiger partial charge on any atom is 0.338 e. The number of nitro groups is 1. The summed E-state index contributed by atoms with van der Waals surface area (Å²) in [4.78, 5) is 21.4. The summed E-state index contributed by atoms with van der Waals surface area (Å²) in [5.41, 5.74) is -0.188. The summed E-state index contributed by atoms with van der Waals surface area (Å²) in [6.45, 7) is 6.63. The molecule has 0 atom stereocenters. The molecule has 1 aromatic rings. The Balaban J connectivity index is 3.23. The Bertz CT molecular complexity index is 481. The van der Waals surface area contributed by atoms with Gasteiger partial charge in [0.2, 0.25) is 0 Å². The molecule has 6 nitrogen and oxygen atoms in total. The van der Waals surface area contributed by atoms with E-state index in [1.807, 2.05) is 0 Å². The summed E-state index contributed by atoms with van der Waals surface area (Å²) >= 11 is 0.656. The summed E-state index contributed by atoms with van der Waals surface area (Å²) in [6, 6.07) is 3.83. The molecule has 82 valence electrons. The van der Waals surface area contributed by atoms with Crippen LogP contribution in [0.5, 0.6) is 0 Å². The van der Waals surface area contributed by atoms with Crippen LogP contribution in [0.15, 0.2) is 23.1 Å². The van der Waals surface area contributed by atoms with Gasteiger partial charge in [-0.1, -0.05) is 0 Å². The van der Waals surface area contributed by atoms with Crippen molar-refractivity contribution in [2.24, 2.45) is 0 Å². The van der Waals surface area contributed by atoms with Gasteiger partial charge in [-0.05, 0) is 12.1 Å². The van der Waals surface area contributed by atoms with Crippen LogP contribution < -0.4 is 0 Å². The molecule has 0 aliphatic heterocycles. The van der Waals surface area contributed by atoms with Crippen LogP contribution >= 0.6 is 11.9 Å². The summed E-state index contributed by atoms with van der Waals surface area (Å²) in [5.74, 6) is -0.650. The molecule has 7 heteroatoms. The topological polar surface area (TPSA) is 73.8 Å². The van der Waals surface area contributed by atoms with Crippen molar-refractivity contribution in [3.8, 4) is 0 Å². The van der Waals surface area contributed by atoms with Crippen LogP contribution in [0.2, 0.25) is 0 Å². The third-order valence-corrected chi connectivity index (χ3v) is 2.35. The fourth-order valence-corrected chi connectivity index (χ4v) is 1.49. The Hall–Kier alpha value is -2.07. The van der Waals surface area contributed by atoms with Crippen molar-refractivity contribution in [1.29, 1.82) is 0 Å². The van der Waals surface area contributed by atoms with Gasteiger partial charge in [-0.2, -0.15) is 0 Å². The van der Waals surface area contributed by atoms with Gasteiger partial charge in [0, 0.05) is 6.07 Å². The summed E-state index contributed by atoms with van der Waals surface area (Å²) in [7, 11) is 1.19. The van der Waals surface area contributed by atoms with Gasteiger partial charge in [-0.15, -0.1) is 0 Å². The van der Waals surface area contributed by atoms with Gasteiger partial charge >= 0.3 is 17.9 Å². The van der Waals surface area contributed by atoms with E-state index in [1.165, 1.54) is 19.2 Å². The molecule has 1 rings (SSSR count). The second-order valence-corrected chi connectivity index (χ2v) is 3.42. The number of hydrogen-bond donors (Lipinski definition) is 0. The Morgan fingerprint density at radius 2 is 2.31 bits per heavy atom. The average molecular weight is 238 g/mol. The summed E-state index contributed by atoms with van der Waals surface area (Å²) < 4.78 is 7.43. The van der Waals surface area contributed by atoms with Crippen LogP contribution in [0.4, 0.5) is 5.69 Å². The number of hydrogen-bond acceptors (Lipinski definition) is 5. The van der Waals surface area contributed by atoms with Crippen LogP contribution in [0.25, 0.3) is 4.25 Å². The lowest BCUT2D eigenvalue weighted by atomic mass is 10.2. The minimum Gasteiger partial charge on any atom is -0.465 e. The van der Waals surface area contributed by atoms with E-state index in [0.717, 1.165) is 6.07 Å². The highest BCUT2D eigenvalue weighted by Gasteiger charge is 2.20. The van der Waals surface area contributed by atoms with E-state index in [2.05, 4.69) is 8.99 Å². The highest BCUT2D eigenvalue weighted by atomic mass is 32.2. The number of benzene rings is 1. The van der Waals surface area contributed by atoms with E-state index in [1.54, 1.807) is 0 Å². The van der Waals surface area contributed by atoms with E-state index in [-0.39, 0.29) is 16.1 Å². The van der Waals surface area contributed by atoms with E-state index in [0.29, 0.717) is 11.9 Å². The third kappa shape index (κ3) is 2.49. The zero-order chi connectivity index (χ0) is 12.1. The molecule has 0 saturated heterocycles. The second kappa shape index (κ2) is 5.14. The monoisotopic (exact) mass is 238 g/mol. The number of ether oxygens (including phenoxy) is 1. The van der Waals surface area contributed by atoms with Crippen molar-refractivity contribution in [2.75, 3.05) is 7.11 Å². The lowest BCUT2D eigenvalue weighted by molar-refractivity contribution is -0.387. The van der Waals surface area contributed by atoms with Crippen LogP contribution in [-0.2, 0) is 4.74 Å². The Morgan fingerprint density at radius 3 is 2.81 bits per heavy atom. The first-order valence-electron chi connectivity index (χ1n) is 4.00. The molecular formula is C9H6N2O4S. The van der Waals surface area contributed by atoms with Crippen molar-refractivity contribution in [1.82, 2.24) is 0 Å². The number of carbonyl (C=O) groups is 1. The molecule has 16 heavy (non-hydrogen) atoms. The SMILES string of the molecule is [C-]#[N+]Sc1ccc(C(=O)OC)cc1[N+](=O)[O-]. The Morgan fingerprint density at radius 1 is 1.62 bits per heavy atom. The van der Waals surface area contributed by atoms with Gasteiger partial charge < -0.3 is 4.74 Å². The first-order valence-corrected chi connectivity index (χ1v) is 4.78. The largest absolute Gasteiger partial charge is 0.465 e. The zero-order valence-corrected chi connectivity index (χ0v) is 8.98. The van der Waals surface area contributed by atoms with Crippen LogP contribution in [0.1, 0.15) is 10.4 Å². The van der Waals surface area contributed by atoms with Crippen molar-refractivity contribution in [3.63, 3.8) is 0 Å². The number of nitrogens with zero attached hydrogens (tertiary/aromatic N) is 2. The Labute approximate surface area is 95.3 Å². The predicted octanol–water partition coefficient (Wildman–Crippen LogP) is 2.31. The number of esters is 1. The van der Waals surface area contributed by atoms with Crippen molar-refractivity contribution >= 4 is 23.6 Å². The molecule has 0 saturated carbocycles. The lowest BCUT2D eigenvalue weighted by Crippen LogP contribution is -2.02. The molecular weight excluding hydrogens is 232 g/mol. The number of nitro benzene ring substituents is 1. The molecule has 1 aromatic carbocycles. The van der Waals surface area contributed by atoms with E-state index < -0.39 is 10.9 Å². The number of rotatable bonds is 3. The number of methoxy groups -OCH3 is 1. The fraction of sp³-hybridized carbons (Fsp3) is 0.111. The average Bonchev–Trinajstić information content (AvgIpc) is 2.28. The molecule has 0 heterocycles. The minimum atomic E-state index is -0.650. The molecule has 0 bridgehead atoms. The van der Waals surface area contributed by atoms with Gasteiger partial charge in [-0.3, -0.25) is 10.1 Å². The molecule has 0 radical (unpaired) electrons. The fourth-order valence-electron chi connectivity index (χ4n) is 1.03. The molecule has 0 aromatic heterocycles. The standard InChI is InChI=1S/C9H6N2O4S/c1-10-16-8-4-3-6(9(12)15-2)5-7(8)11(13)14/h3-5H,2H3. The van der Waals surface area contributed by atoms with Gasteiger partial charge in [0.05, 0.1) is 17.6 Å². The minimum absolute atomic E-state index is 0.0866. The van der Waals surface area contributed by atoms with Gasteiger partial charge in [0.25, 0.3) is 5.69 Å².